The van der Waals surface area contributed by atoms with Gasteiger partial charge in [-0.2, -0.15) is 5.10 Å². The van der Waals surface area contributed by atoms with Crippen molar-refractivity contribution in [3.8, 4) is 5.75 Å². The number of nitrogens with zero attached hydrogens (tertiary/aromatic N) is 3. The topological polar surface area (TPSA) is 90.6 Å². The molecule has 0 bridgehead atoms. The van der Waals surface area contributed by atoms with Gasteiger partial charge in [-0.1, -0.05) is 12.1 Å². The number of methoxy groups -OCH3 is 1. The predicted molar refractivity (Wildman–Crippen MR) is 153 cm³/mol. The number of thiophene rings is 1. The number of H-pyrrole nitrogens is 1. The Morgan fingerprint density at radius 2 is 1.82 bits per heavy atom. The number of rotatable bonds is 7. The van der Waals surface area contributed by atoms with Crippen molar-refractivity contribution in [2.24, 2.45) is 0 Å². The lowest BCUT2D eigenvalue weighted by atomic mass is 9.94. The quantitative estimate of drug-likeness (QED) is 0.326. The van der Waals surface area contributed by atoms with E-state index in [-0.39, 0.29) is 11.8 Å². The van der Waals surface area contributed by atoms with Gasteiger partial charge in [0, 0.05) is 31.4 Å². The lowest BCUT2D eigenvalue weighted by Crippen LogP contribution is -2.40. The van der Waals surface area contributed by atoms with Gasteiger partial charge in [0.25, 0.3) is 11.8 Å². The lowest BCUT2D eigenvalue weighted by Gasteiger charge is -2.29. The second-order valence-corrected chi connectivity index (χ2v) is 11.2. The molecule has 0 radical (unpaired) electrons. The average molecular weight is 532 g/mol. The van der Waals surface area contributed by atoms with Crippen molar-refractivity contribution >= 4 is 44.9 Å². The van der Waals surface area contributed by atoms with Gasteiger partial charge < -0.3 is 15.0 Å². The summed E-state index contributed by atoms with van der Waals surface area (Å²) in [5.74, 6) is 0.955. The van der Waals surface area contributed by atoms with E-state index in [1.165, 1.54) is 30.6 Å². The van der Waals surface area contributed by atoms with Crippen LogP contribution in [0.3, 0.4) is 0 Å². The molecular formula is C29H33N5O3S. The first-order chi connectivity index (χ1) is 18.3. The van der Waals surface area contributed by atoms with Crippen molar-refractivity contribution in [2.45, 2.75) is 38.6 Å². The second kappa shape index (κ2) is 10.5. The number of fused-ring (bicyclic) bond motifs is 1. The summed E-state index contributed by atoms with van der Waals surface area (Å²) in [7, 11) is 3.34. The predicted octanol–water partition coefficient (Wildman–Crippen LogP) is 5.57. The Morgan fingerprint density at radius 3 is 2.53 bits per heavy atom. The fourth-order valence-corrected chi connectivity index (χ4v) is 5.74. The molecule has 0 saturated carbocycles. The van der Waals surface area contributed by atoms with E-state index in [1.807, 2.05) is 62.4 Å². The highest BCUT2D eigenvalue weighted by Gasteiger charge is 2.27. The van der Waals surface area contributed by atoms with E-state index < -0.39 is 5.54 Å². The summed E-state index contributed by atoms with van der Waals surface area (Å²) < 4.78 is 5.33. The molecule has 2 aromatic heterocycles. The molecule has 9 heteroatoms. The number of aromatic amines is 1. The van der Waals surface area contributed by atoms with Gasteiger partial charge in [-0.3, -0.25) is 19.6 Å². The zero-order valence-corrected chi connectivity index (χ0v) is 23.0. The van der Waals surface area contributed by atoms with Crippen LogP contribution in [0.1, 0.15) is 58.7 Å². The minimum absolute atomic E-state index is 0.142. The standard InChI is InChI=1S/C29H33N5O3S/c1-29(2,20-9-8-10-22(17-20)37-4)30-26(35)24-18-23-25(31-32-27(23)38-24)33(3)28(36)19-11-13-21(14-12-19)34-15-6-5-7-16-34/h8-14,17-18H,5-7,15-16H2,1-4H3,(H,30,35)(H,31,32). The molecule has 2 N–H and O–H groups in total. The van der Waals surface area contributed by atoms with Gasteiger partial charge >= 0.3 is 0 Å². The number of anilines is 2. The van der Waals surface area contributed by atoms with E-state index in [0.29, 0.717) is 21.1 Å². The number of ether oxygens (including phenoxy) is 1. The zero-order chi connectivity index (χ0) is 26.9. The number of carbonyl (C=O) groups excluding carboxylic acids is 2. The number of benzene rings is 2. The molecule has 38 heavy (non-hydrogen) atoms. The fourth-order valence-electron chi connectivity index (χ4n) is 4.86. The maximum Gasteiger partial charge on any atom is 0.262 e. The van der Waals surface area contributed by atoms with Crippen molar-refractivity contribution < 1.29 is 14.3 Å². The summed E-state index contributed by atoms with van der Waals surface area (Å²) in [6, 6.07) is 17.2. The van der Waals surface area contributed by atoms with E-state index in [2.05, 4.69) is 20.4 Å². The summed E-state index contributed by atoms with van der Waals surface area (Å²) in [5.41, 5.74) is 2.07. The smallest absolute Gasteiger partial charge is 0.262 e. The SMILES string of the molecule is COc1cccc(C(C)(C)NC(=O)c2cc3c(N(C)C(=O)c4ccc(N5CCCCC5)cc4)[nH]nc3s2)c1. The van der Waals surface area contributed by atoms with Crippen molar-refractivity contribution in [3.05, 3.63) is 70.6 Å². The third kappa shape index (κ3) is 5.11. The molecule has 0 aliphatic carbocycles. The summed E-state index contributed by atoms with van der Waals surface area (Å²) in [4.78, 5) is 31.6. The molecule has 2 aromatic carbocycles. The van der Waals surface area contributed by atoms with E-state index in [9.17, 15) is 9.59 Å². The van der Waals surface area contributed by atoms with Crippen LogP contribution in [0.2, 0.25) is 0 Å². The summed E-state index contributed by atoms with van der Waals surface area (Å²) in [6.07, 6.45) is 3.69. The number of hydrogen-bond acceptors (Lipinski definition) is 6. The van der Waals surface area contributed by atoms with Crippen LogP contribution < -0.4 is 19.9 Å². The van der Waals surface area contributed by atoms with Crippen LogP contribution in [0.25, 0.3) is 10.2 Å². The van der Waals surface area contributed by atoms with Gasteiger partial charge in [-0.15, -0.1) is 11.3 Å². The normalized spacial score (nSPS) is 13.9. The Bertz CT molecular complexity index is 1450. The van der Waals surface area contributed by atoms with E-state index in [1.54, 1.807) is 25.1 Å². The molecule has 4 aromatic rings. The minimum atomic E-state index is -0.616. The van der Waals surface area contributed by atoms with Gasteiger partial charge in [0.1, 0.15) is 16.4 Å². The highest BCUT2D eigenvalue weighted by atomic mass is 32.1. The third-order valence-corrected chi connectivity index (χ3v) is 8.18. The van der Waals surface area contributed by atoms with Crippen LogP contribution in [0.15, 0.2) is 54.6 Å². The monoisotopic (exact) mass is 531 g/mol. The number of amides is 2. The minimum Gasteiger partial charge on any atom is -0.497 e. The molecule has 1 aliphatic heterocycles. The van der Waals surface area contributed by atoms with Crippen LogP contribution in [-0.4, -0.2) is 49.3 Å². The zero-order valence-electron chi connectivity index (χ0n) is 22.2. The van der Waals surface area contributed by atoms with E-state index in [4.69, 9.17) is 4.74 Å². The molecule has 5 rings (SSSR count). The first-order valence-corrected chi connectivity index (χ1v) is 13.7. The maximum atomic E-state index is 13.3. The first kappa shape index (κ1) is 25.8. The summed E-state index contributed by atoms with van der Waals surface area (Å²) >= 11 is 1.29. The van der Waals surface area contributed by atoms with Crippen LogP contribution in [0, 0.1) is 0 Å². The Kier molecular flexibility index (Phi) is 7.12. The third-order valence-electron chi connectivity index (χ3n) is 7.15. The van der Waals surface area contributed by atoms with Gasteiger partial charge in [0.05, 0.1) is 22.9 Å². The Morgan fingerprint density at radius 1 is 1.08 bits per heavy atom. The van der Waals surface area contributed by atoms with Gasteiger partial charge in [-0.25, -0.2) is 0 Å². The van der Waals surface area contributed by atoms with Gasteiger partial charge in [0.15, 0.2) is 0 Å². The molecule has 3 heterocycles. The maximum absolute atomic E-state index is 13.3. The number of hydrogen-bond donors (Lipinski definition) is 2. The van der Waals surface area contributed by atoms with Crippen molar-refractivity contribution in [3.63, 3.8) is 0 Å². The number of aromatic nitrogens is 2. The fraction of sp³-hybridized carbons (Fsp3) is 0.345. The number of nitrogens with one attached hydrogen (secondary N) is 2. The lowest BCUT2D eigenvalue weighted by molar-refractivity contribution is 0.0915. The largest absolute Gasteiger partial charge is 0.497 e. The average Bonchev–Trinajstić information content (AvgIpc) is 3.54. The summed E-state index contributed by atoms with van der Waals surface area (Å²) in [6.45, 7) is 6.02. The number of carbonyl (C=O) groups is 2. The molecule has 1 fully saturated rings. The van der Waals surface area contributed by atoms with Crippen LogP contribution >= 0.6 is 11.3 Å². The Hall–Kier alpha value is -3.85. The van der Waals surface area contributed by atoms with Crippen LogP contribution in [0.5, 0.6) is 5.75 Å². The van der Waals surface area contributed by atoms with Crippen molar-refractivity contribution in [2.75, 3.05) is 37.0 Å². The molecule has 198 valence electrons. The molecule has 0 unspecified atom stereocenters. The molecule has 1 aliphatic rings. The number of piperidine rings is 1. The van der Waals surface area contributed by atoms with Gasteiger partial charge in [-0.05, 0) is 81.1 Å². The van der Waals surface area contributed by atoms with Gasteiger partial charge in [0.2, 0.25) is 0 Å². The summed E-state index contributed by atoms with van der Waals surface area (Å²) in [5, 5.41) is 11.2. The molecule has 2 amide bonds. The van der Waals surface area contributed by atoms with Crippen molar-refractivity contribution in [1.29, 1.82) is 0 Å². The Balaban J connectivity index is 1.32. The molecular weight excluding hydrogens is 498 g/mol. The van der Waals surface area contributed by atoms with Crippen molar-refractivity contribution in [1.82, 2.24) is 15.5 Å². The van der Waals surface area contributed by atoms with Crippen LogP contribution in [0.4, 0.5) is 11.5 Å². The molecule has 0 spiro atoms. The van der Waals surface area contributed by atoms with Crippen LogP contribution in [-0.2, 0) is 5.54 Å². The molecule has 1 saturated heterocycles. The van der Waals surface area contributed by atoms with E-state index >= 15 is 0 Å². The van der Waals surface area contributed by atoms with E-state index in [0.717, 1.165) is 35.5 Å². The highest BCUT2D eigenvalue weighted by Crippen LogP contribution is 2.33. The highest BCUT2D eigenvalue weighted by molar-refractivity contribution is 7.20. The molecule has 8 nitrogen and oxygen atoms in total. The Labute approximate surface area is 226 Å². The first-order valence-electron chi connectivity index (χ1n) is 12.8. The molecule has 0 atom stereocenters. The second-order valence-electron chi connectivity index (χ2n) is 10.2.